The molecular weight excluding hydrogens is 444 g/mol. The molecule has 0 aliphatic rings. The first kappa shape index (κ1) is 24.1. The summed E-state index contributed by atoms with van der Waals surface area (Å²) in [5.74, 6) is -2.66. The third kappa shape index (κ3) is 6.03. The highest BCUT2D eigenvalue weighted by molar-refractivity contribution is 5.97. The Balaban J connectivity index is 1.65. The van der Waals surface area contributed by atoms with Crippen LogP contribution in [0.4, 0.5) is 17.5 Å². The Morgan fingerprint density at radius 2 is 1.88 bits per heavy atom. The summed E-state index contributed by atoms with van der Waals surface area (Å²) in [6, 6.07) is 3.69. The predicted octanol–water partition coefficient (Wildman–Crippen LogP) is 0.943. The molecule has 0 fully saturated rings. The lowest BCUT2D eigenvalue weighted by Gasteiger charge is -2.15. The minimum absolute atomic E-state index is 0.0138. The lowest BCUT2D eigenvalue weighted by atomic mass is 10.1. The smallest absolute Gasteiger partial charge is 0.326 e. The Labute approximate surface area is 193 Å². The highest BCUT2D eigenvalue weighted by Crippen LogP contribution is 2.19. The van der Waals surface area contributed by atoms with E-state index >= 15 is 0 Å². The standard InChI is InChI=1S/C21H24N8O5/c1-10-7-11(19(32)27-14(20(33)34)3-2-4-15(30)31)5-6-13(10)24-8-12-9-25-18-16(26-12)17(22)28-21(23)29-18/h5-7,9,14,24H,2-4,8H2,1H3,(H,27,32)(H,30,31)(H,33,34)(H4,22,23,25,28,29)/t14-/m0/s1. The van der Waals surface area contributed by atoms with Crippen molar-refractivity contribution in [1.29, 1.82) is 0 Å². The van der Waals surface area contributed by atoms with Gasteiger partial charge in [-0.3, -0.25) is 9.59 Å². The number of carboxylic acids is 2. The monoisotopic (exact) mass is 468 g/mol. The highest BCUT2D eigenvalue weighted by atomic mass is 16.4. The second-order valence-electron chi connectivity index (χ2n) is 7.53. The molecule has 0 unspecified atom stereocenters. The van der Waals surface area contributed by atoms with Crippen LogP contribution >= 0.6 is 0 Å². The lowest BCUT2D eigenvalue weighted by Crippen LogP contribution is -2.40. The molecule has 0 bridgehead atoms. The van der Waals surface area contributed by atoms with Crippen LogP contribution in [0.3, 0.4) is 0 Å². The van der Waals surface area contributed by atoms with Crippen molar-refractivity contribution in [2.45, 2.75) is 38.8 Å². The van der Waals surface area contributed by atoms with Gasteiger partial charge in [-0.05, 0) is 43.5 Å². The second kappa shape index (κ2) is 10.4. The normalized spacial score (nSPS) is 11.7. The molecule has 1 amide bonds. The van der Waals surface area contributed by atoms with E-state index in [4.69, 9.17) is 16.6 Å². The SMILES string of the molecule is Cc1cc(C(=O)N[C@@H](CCCC(=O)O)C(=O)O)ccc1NCc1cnc2nc(N)nc(N)c2n1. The summed E-state index contributed by atoms with van der Waals surface area (Å²) < 4.78 is 0. The molecule has 1 aromatic carbocycles. The Hall–Kier alpha value is -4.55. The van der Waals surface area contributed by atoms with Gasteiger partial charge in [0.1, 0.15) is 6.04 Å². The Bertz CT molecular complexity index is 1250. The first-order valence-electron chi connectivity index (χ1n) is 10.3. The third-order valence-corrected chi connectivity index (χ3v) is 4.94. The fraction of sp³-hybridized carbons (Fsp3) is 0.286. The van der Waals surface area contributed by atoms with Gasteiger partial charge in [-0.2, -0.15) is 9.97 Å². The summed E-state index contributed by atoms with van der Waals surface area (Å²) in [5, 5.41) is 23.6. The van der Waals surface area contributed by atoms with Crippen molar-refractivity contribution < 1.29 is 24.6 Å². The first-order chi connectivity index (χ1) is 16.1. The van der Waals surface area contributed by atoms with E-state index in [9.17, 15) is 19.5 Å². The maximum absolute atomic E-state index is 12.5. The van der Waals surface area contributed by atoms with Gasteiger partial charge in [0, 0.05) is 17.7 Å². The van der Waals surface area contributed by atoms with Crippen LogP contribution in [0.5, 0.6) is 0 Å². The topological polar surface area (TPSA) is 219 Å². The van der Waals surface area contributed by atoms with Crippen LogP contribution < -0.4 is 22.1 Å². The fourth-order valence-corrected chi connectivity index (χ4v) is 3.21. The molecule has 3 aromatic rings. The summed E-state index contributed by atoms with van der Waals surface area (Å²) in [7, 11) is 0. The molecule has 34 heavy (non-hydrogen) atoms. The van der Waals surface area contributed by atoms with E-state index in [1.54, 1.807) is 25.1 Å². The van der Waals surface area contributed by atoms with Crippen molar-refractivity contribution in [3.63, 3.8) is 0 Å². The van der Waals surface area contributed by atoms with Crippen molar-refractivity contribution >= 4 is 46.5 Å². The van der Waals surface area contributed by atoms with Gasteiger partial charge in [-0.1, -0.05) is 0 Å². The number of nitrogens with two attached hydrogens (primary N) is 2. The molecule has 178 valence electrons. The number of nitrogens with zero attached hydrogens (tertiary/aromatic N) is 4. The van der Waals surface area contributed by atoms with Gasteiger partial charge in [-0.15, -0.1) is 0 Å². The number of amides is 1. The zero-order chi connectivity index (χ0) is 24.8. The zero-order valence-electron chi connectivity index (χ0n) is 18.3. The zero-order valence-corrected chi connectivity index (χ0v) is 18.3. The van der Waals surface area contributed by atoms with Crippen molar-refractivity contribution in [3.05, 3.63) is 41.2 Å². The molecule has 0 saturated heterocycles. The Morgan fingerprint density at radius 3 is 2.56 bits per heavy atom. The number of rotatable bonds is 10. The molecule has 0 saturated carbocycles. The predicted molar refractivity (Wildman–Crippen MR) is 123 cm³/mol. The number of aliphatic carboxylic acids is 2. The van der Waals surface area contributed by atoms with Crippen LogP contribution in [0, 0.1) is 6.92 Å². The molecule has 2 aromatic heterocycles. The average Bonchev–Trinajstić information content (AvgIpc) is 2.77. The molecule has 13 nitrogen and oxygen atoms in total. The van der Waals surface area contributed by atoms with E-state index in [1.807, 2.05) is 0 Å². The molecule has 13 heteroatoms. The maximum Gasteiger partial charge on any atom is 0.326 e. The highest BCUT2D eigenvalue weighted by Gasteiger charge is 2.21. The second-order valence-corrected chi connectivity index (χ2v) is 7.53. The van der Waals surface area contributed by atoms with Gasteiger partial charge in [0.2, 0.25) is 5.95 Å². The van der Waals surface area contributed by atoms with Gasteiger partial charge >= 0.3 is 11.9 Å². The number of fused-ring (bicyclic) bond motifs is 1. The van der Waals surface area contributed by atoms with Gasteiger partial charge < -0.3 is 32.3 Å². The van der Waals surface area contributed by atoms with Crippen LogP contribution in [0.15, 0.2) is 24.4 Å². The quantitative estimate of drug-likeness (QED) is 0.245. The number of anilines is 3. The van der Waals surface area contributed by atoms with E-state index in [2.05, 4.69) is 30.6 Å². The first-order valence-corrected chi connectivity index (χ1v) is 10.3. The number of carbonyl (C=O) groups excluding carboxylic acids is 1. The average molecular weight is 468 g/mol. The molecule has 1 atom stereocenters. The summed E-state index contributed by atoms with van der Waals surface area (Å²) in [6.07, 6.45) is 1.52. The van der Waals surface area contributed by atoms with E-state index in [-0.39, 0.29) is 36.6 Å². The number of benzene rings is 1. The minimum Gasteiger partial charge on any atom is -0.481 e. The number of carbonyl (C=O) groups is 3. The van der Waals surface area contributed by atoms with Gasteiger partial charge in [0.15, 0.2) is 17.0 Å². The molecule has 2 heterocycles. The molecule has 3 rings (SSSR count). The van der Waals surface area contributed by atoms with Crippen molar-refractivity contribution in [2.75, 3.05) is 16.8 Å². The summed E-state index contributed by atoms with van der Waals surface area (Å²) in [5.41, 5.74) is 14.4. The molecule has 8 N–H and O–H groups in total. The molecule has 0 aliphatic carbocycles. The van der Waals surface area contributed by atoms with Crippen LogP contribution in [0.25, 0.3) is 11.2 Å². The minimum atomic E-state index is -1.22. The van der Waals surface area contributed by atoms with E-state index in [1.165, 1.54) is 6.20 Å². The van der Waals surface area contributed by atoms with Crippen LogP contribution in [0.2, 0.25) is 0 Å². The van der Waals surface area contributed by atoms with Gasteiger partial charge in [0.25, 0.3) is 5.91 Å². The largest absolute Gasteiger partial charge is 0.481 e. The Kier molecular flexibility index (Phi) is 7.36. The lowest BCUT2D eigenvalue weighted by molar-refractivity contribution is -0.140. The number of aryl methyl sites for hydroxylation is 1. The molecule has 0 aliphatic heterocycles. The van der Waals surface area contributed by atoms with Crippen molar-refractivity contribution in [3.8, 4) is 0 Å². The maximum atomic E-state index is 12.5. The summed E-state index contributed by atoms with van der Waals surface area (Å²) in [4.78, 5) is 51.0. The number of carboxylic acid groups (broad SMARTS) is 2. The third-order valence-electron chi connectivity index (χ3n) is 4.94. The van der Waals surface area contributed by atoms with Gasteiger partial charge in [0.05, 0.1) is 18.4 Å². The van der Waals surface area contributed by atoms with Crippen molar-refractivity contribution in [1.82, 2.24) is 25.3 Å². The number of hydrogen-bond acceptors (Lipinski definition) is 10. The van der Waals surface area contributed by atoms with Gasteiger partial charge in [-0.25, -0.2) is 14.8 Å². The number of nitrogen functional groups attached to an aromatic ring is 2. The van der Waals surface area contributed by atoms with Crippen LogP contribution in [-0.4, -0.2) is 54.0 Å². The van der Waals surface area contributed by atoms with Crippen molar-refractivity contribution in [2.24, 2.45) is 0 Å². The van der Waals surface area contributed by atoms with E-state index in [0.29, 0.717) is 23.4 Å². The summed E-state index contributed by atoms with van der Waals surface area (Å²) >= 11 is 0. The number of hydrogen-bond donors (Lipinski definition) is 6. The van der Waals surface area contributed by atoms with E-state index in [0.717, 1.165) is 11.3 Å². The van der Waals surface area contributed by atoms with Crippen LogP contribution in [0.1, 0.15) is 40.9 Å². The number of nitrogens with one attached hydrogen (secondary N) is 2. The molecule has 0 spiro atoms. The summed E-state index contributed by atoms with van der Waals surface area (Å²) in [6.45, 7) is 2.10. The van der Waals surface area contributed by atoms with E-state index < -0.39 is 23.9 Å². The molecule has 0 radical (unpaired) electrons. The molecular formula is C21H24N8O5. The fourth-order valence-electron chi connectivity index (χ4n) is 3.21. The number of aromatic nitrogens is 4. The Morgan fingerprint density at radius 1 is 1.12 bits per heavy atom. The van der Waals surface area contributed by atoms with Crippen LogP contribution in [-0.2, 0) is 16.1 Å².